The van der Waals surface area contributed by atoms with Gasteiger partial charge in [-0.25, -0.2) is 0 Å². The van der Waals surface area contributed by atoms with E-state index in [4.69, 9.17) is 15.5 Å². The van der Waals surface area contributed by atoms with Crippen LogP contribution in [-0.2, 0) is 4.57 Å². The number of hydrogen-bond acceptors (Lipinski definition) is 2. The fraction of sp³-hybridized carbons (Fsp3) is 1.00. The third kappa shape index (κ3) is 4.23. The Labute approximate surface area is 78.7 Å². The zero-order valence-corrected chi connectivity index (χ0v) is 8.67. The van der Waals surface area contributed by atoms with E-state index in [9.17, 15) is 4.57 Å². The summed E-state index contributed by atoms with van der Waals surface area (Å²) < 4.78 is 10.7. The Morgan fingerprint density at radius 3 is 2.23 bits per heavy atom. The molecule has 4 N–H and O–H groups in total. The third-order valence-electron chi connectivity index (χ3n) is 2.75. The highest BCUT2D eigenvalue weighted by Gasteiger charge is 2.29. The summed E-state index contributed by atoms with van der Waals surface area (Å²) in [7, 11) is -3.85. The lowest BCUT2D eigenvalue weighted by molar-refractivity contribution is 0.279. The van der Waals surface area contributed by atoms with Crippen molar-refractivity contribution in [1.29, 1.82) is 0 Å². The van der Waals surface area contributed by atoms with Gasteiger partial charge in [-0.15, -0.1) is 0 Å². The standard InChI is InChI=1S/C8H18NO3P/c9-8(4-2-1-3-5-8)6-7-13(10,11)12/h1-7,9H2,(H2,10,11,12). The van der Waals surface area contributed by atoms with Crippen LogP contribution >= 0.6 is 7.60 Å². The highest BCUT2D eigenvalue weighted by atomic mass is 31.2. The lowest BCUT2D eigenvalue weighted by atomic mass is 9.81. The summed E-state index contributed by atoms with van der Waals surface area (Å²) in [4.78, 5) is 17.4. The van der Waals surface area contributed by atoms with Crippen molar-refractivity contribution >= 4 is 7.60 Å². The second kappa shape index (κ2) is 4.09. The van der Waals surface area contributed by atoms with E-state index in [1.165, 1.54) is 6.42 Å². The first-order valence-corrected chi connectivity index (χ1v) is 6.55. The molecule has 1 aliphatic rings. The topological polar surface area (TPSA) is 83.6 Å². The first-order valence-electron chi connectivity index (χ1n) is 4.75. The first-order chi connectivity index (χ1) is 5.91. The maximum Gasteiger partial charge on any atom is 0.325 e. The molecule has 4 nitrogen and oxygen atoms in total. The molecule has 0 aromatic carbocycles. The lowest BCUT2D eigenvalue weighted by Gasteiger charge is -2.33. The second-order valence-electron chi connectivity index (χ2n) is 4.06. The molecule has 0 aliphatic heterocycles. The summed E-state index contributed by atoms with van der Waals surface area (Å²) in [6.45, 7) is 0. The second-order valence-corrected chi connectivity index (χ2v) is 5.84. The summed E-state index contributed by atoms with van der Waals surface area (Å²) in [5, 5.41) is 0. The zero-order valence-electron chi connectivity index (χ0n) is 7.78. The van der Waals surface area contributed by atoms with Crippen LogP contribution in [0.15, 0.2) is 0 Å². The fourth-order valence-corrected chi connectivity index (χ4v) is 2.61. The van der Waals surface area contributed by atoms with Crippen LogP contribution in [0.5, 0.6) is 0 Å². The molecular formula is C8H18NO3P. The summed E-state index contributed by atoms with van der Waals surface area (Å²) in [5.41, 5.74) is 5.72. The van der Waals surface area contributed by atoms with Crippen molar-refractivity contribution in [1.82, 2.24) is 0 Å². The van der Waals surface area contributed by atoms with Crippen molar-refractivity contribution in [2.24, 2.45) is 5.73 Å². The molecule has 0 unspecified atom stereocenters. The van der Waals surface area contributed by atoms with Gasteiger partial charge in [0.25, 0.3) is 0 Å². The number of hydrogen-bond donors (Lipinski definition) is 3. The van der Waals surface area contributed by atoms with Crippen molar-refractivity contribution in [2.45, 2.75) is 44.1 Å². The van der Waals surface area contributed by atoms with Gasteiger partial charge in [-0.1, -0.05) is 19.3 Å². The van der Waals surface area contributed by atoms with E-state index in [0.29, 0.717) is 6.42 Å². The van der Waals surface area contributed by atoms with E-state index in [2.05, 4.69) is 0 Å². The third-order valence-corrected chi connectivity index (χ3v) is 3.56. The minimum atomic E-state index is -3.85. The number of nitrogens with two attached hydrogens (primary N) is 1. The summed E-state index contributed by atoms with van der Waals surface area (Å²) >= 11 is 0. The van der Waals surface area contributed by atoms with E-state index in [1.807, 2.05) is 0 Å². The summed E-state index contributed by atoms with van der Waals surface area (Å²) in [5.74, 6) is 0. The normalized spacial score (nSPS) is 23.0. The molecule has 5 heteroatoms. The molecule has 0 heterocycles. The Balaban J connectivity index is 2.37. The molecule has 1 saturated carbocycles. The first kappa shape index (κ1) is 11.2. The Morgan fingerprint density at radius 2 is 1.77 bits per heavy atom. The van der Waals surface area contributed by atoms with E-state index in [0.717, 1.165) is 25.7 Å². The minimum Gasteiger partial charge on any atom is -0.325 e. The van der Waals surface area contributed by atoms with Crippen molar-refractivity contribution in [3.8, 4) is 0 Å². The van der Waals surface area contributed by atoms with Gasteiger partial charge in [-0.2, -0.15) is 0 Å². The molecule has 0 saturated heterocycles. The van der Waals surface area contributed by atoms with Crippen LogP contribution in [0.2, 0.25) is 0 Å². The van der Waals surface area contributed by atoms with Crippen LogP contribution in [0.3, 0.4) is 0 Å². The van der Waals surface area contributed by atoms with Gasteiger partial charge in [0.05, 0.1) is 6.16 Å². The highest BCUT2D eigenvalue weighted by Crippen LogP contribution is 2.39. The molecule has 0 amide bonds. The molecule has 1 fully saturated rings. The van der Waals surface area contributed by atoms with Gasteiger partial charge in [0.1, 0.15) is 0 Å². The Kier molecular flexibility index (Phi) is 3.52. The average Bonchev–Trinajstić information content (AvgIpc) is 2.02. The van der Waals surface area contributed by atoms with Crippen molar-refractivity contribution in [3.63, 3.8) is 0 Å². The molecule has 0 aromatic heterocycles. The largest absolute Gasteiger partial charge is 0.325 e. The van der Waals surface area contributed by atoms with Gasteiger partial charge >= 0.3 is 7.60 Å². The average molecular weight is 207 g/mol. The van der Waals surface area contributed by atoms with Crippen LogP contribution in [0.4, 0.5) is 0 Å². The smallest absolute Gasteiger partial charge is 0.325 e. The van der Waals surface area contributed by atoms with E-state index >= 15 is 0 Å². The van der Waals surface area contributed by atoms with Gasteiger partial charge in [-0.3, -0.25) is 4.57 Å². The van der Waals surface area contributed by atoms with Crippen LogP contribution in [0.25, 0.3) is 0 Å². The number of rotatable bonds is 3. The lowest BCUT2D eigenvalue weighted by Crippen LogP contribution is -2.42. The van der Waals surface area contributed by atoms with Crippen LogP contribution in [0, 0.1) is 0 Å². The minimum absolute atomic E-state index is 0.0660. The predicted octanol–water partition coefficient (Wildman–Crippen LogP) is 1.22. The Hall–Kier alpha value is 0.110. The molecule has 13 heavy (non-hydrogen) atoms. The Bertz CT molecular complexity index is 207. The van der Waals surface area contributed by atoms with E-state index < -0.39 is 7.60 Å². The maximum atomic E-state index is 10.7. The van der Waals surface area contributed by atoms with Crippen LogP contribution < -0.4 is 5.73 Å². The molecule has 1 rings (SSSR count). The van der Waals surface area contributed by atoms with E-state index in [1.54, 1.807) is 0 Å². The van der Waals surface area contributed by atoms with Gasteiger partial charge in [-0.05, 0) is 19.3 Å². The van der Waals surface area contributed by atoms with Crippen LogP contribution in [-0.4, -0.2) is 21.5 Å². The van der Waals surface area contributed by atoms with Crippen molar-refractivity contribution in [2.75, 3.05) is 6.16 Å². The Morgan fingerprint density at radius 1 is 1.23 bits per heavy atom. The quantitative estimate of drug-likeness (QED) is 0.607. The molecule has 0 aromatic rings. The predicted molar refractivity (Wildman–Crippen MR) is 51.5 cm³/mol. The molecular weight excluding hydrogens is 189 g/mol. The highest BCUT2D eigenvalue weighted by molar-refractivity contribution is 7.51. The maximum absolute atomic E-state index is 10.7. The van der Waals surface area contributed by atoms with E-state index in [-0.39, 0.29) is 11.7 Å². The van der Waals surface area contributed by atoms with Crippen molar-refractivity contribution < 1.29 is 14.4 Å². The molecule has 1 aliphatic carbocycles. The summed E-state index contributed by atoms with van der Waals surface area (Å²) in [6.07, 6.45) is 5.60. The summed E-state index contributed by atoms with van der Waals surface area (Å²) in [6, 6.07) is 0. The van der Waals surface area contributed by atoms with Gasteiger partial charge < -0.3 is 15.5 Å². The monoisotopic (exact) mass is 207 g/mol. The SMILES string of the molecule is NC1(CCP(=O)(O)O)CCCCC1. The zero-order chi connectivity index (χ0) is 9.95. The molecule has 78 valence electrons. The van der Waals surface area contributed by atoms with Crippen LogP contribution in [0.1, 0.15) is 38.5 Å². The molecule has 0 bridgehead atoms. The van der Waals surface area contributed by atoms with Crippen molar-refractivity contribution in [3.05, 3.63) is 0 Å². The molecule has 0 radical (unpaired) electrons. The van der Waals surface area contributed by atoms with Gasteiger partial charge in [0, 0.05) is 5.54 Å². The fourth-order valence-electron chi connectivity index (χ4n) is 1.87. The van der Waals surface area contributed by atoms with Gasteiger partial charge in [0.15, 0.2) is 0 Å². The molecule has 0 spiro atoms. The molecule has 0 atom stereocenters. The van der Waals surface area contributed by atoms with Gasteiger partial charge in [0.2, 0.25) is 0 Å².